The summed E-state index contributed by atoms with van der Waals surface area (Å²) in [6.07, 6.45) is 0. The van der Waals surface area contributed by atoms with Crippen molar-refractivity contribution in [2.24, 2.45) is 5.84 Å². The van der Waals surface area contributed by atoms with Crippen LogP contribution in [0, 0.1) is 0 Å². The van der Waals surface area contributed by atoms with E-state index in [1.165, 1.54) is 7.11 Å². The Morgan fingerprint density at radius 2 is 2.20 bits per heavy atom. The fourth-order valence-electron chi connectivity index (χ4n) is 0.0645. The molecule has 0 radical (unpaired) electrons. The van der Waals surface area contributed by atoms with Crippen LogP contribution in [0.3, 0.4) is 0 Å². The van der Waals surface area contributed by atoms with Crippen LogP contribution < -0.4 is 11.3 Å². The quantitative estimate of drug-likeness (QED) is 0.257. The minimum Gasteiger partial charge on any atom is -0.467 e. The molecule has 5 heteroatoms. The van der Waals surface area contributed by atoms with Gasteiger partial charge in [-0.1, -0.05) is 6.92 Å². The SMILES string of the molecule is CCNN.COC(=O)CO. The lowest BCUT2D eigenvalue weighted by molar-refractivity contribution is -0.143. The Balaban J connectivity index is 0. The van der Waals surface area contributed by atoms with E-state index in [2.05, 4.69) is 10.2 Å². The van der Waals surface area contributed by atoms with E-state index in [-0.39, 0.29) is 0 Å². The number of aliphatic hydroxyl groups is 1. The third-order valence-electron chi connectivity index (χ3n) is 0.561. The zero-order valence-electron chi connectivity index (χ0n) is 6.26. The molecule has 0 aromatic rings. The number of hydrogen-bond donors (Lipinski definition) is 3. The minimum absolute atomic E-state index is 0.531. The predicted molar refractivity (Wildman–Crippen MR) is 37.0 cm³/mol. The van der Waals surface area contributed by atoms with Crippen molar-refractivity contribution in [1.82, 2.24) is 5.43 Å². The molecule has 0 unspecified atom stereocenters. The molecule has 0 saturated heterocycles. The van der Waals surface area contributed by atoms with Crippen LogP contribution in [0.1, 0.15) is 6.92 Å². The average Bonchev–Trinajstić information content (AvgIpc) is 2.03. The lowest BCUT2D eigenvalue weighted by Crippen LogP contribution is -2.20. The highest BCUT2D eigenvalue weighted by Crippen LogP contribution is 1.63. The van der Waals surface area contributed by atoms with E-state index in [0.717, 1.165) is 6.54 Å². The Hall–Kier alpha value is -0.650. The Morgan fingerprint density at radius 1 is 1.80 bits per heavy atom. The van der Waals surface area contributed by atoms with Crippen LogP contribution in [-0.2, 0) is 9.53 Å². The molecule has 0 fully saturated rings. The maximum Gasteiger partial charge on any atom is 0.331 e. The molecule has 0 bridgehead atoms. The Morgan fingerprint density at radius 3 is 2.20 bits per heavy atom. The molecule has 4 N–H and O–H groups in total. The molecule has 0 aliphatic rings. The van der Waals surface area contributed by atoms with Crippen LogP contribution in [0.4, 0.5) is 0 Å². The maximum atomic E-state index is 9.71. The number of nitrogens with one attached hydrogen (secondary N) is 1. The Labute approximate surface area is 60.1 Å². The molecule has 0 heterocycles. The maximum absolute atomic E-state index is 9.71. The molecule has 0 spiro atoms. The predicted octanol–water partition coefficient (Wildman–Crippen LogP) is -1.38. The zero-order chi connectivity index (χ0) is 8.41. The molecule has 0 saturated carbocycles. The summed E-state index contributed by atoms with van der Waals surface area (Å²) in [5.41, 5.74) is 2.43. The number of nitrogens with two attached hydrogens (primary N) is 1. The van der Waals surface area contributed by atoms with Crippen LogP contribution in [0.2, 0.25) is 0 Å². The molecule has 0 atom stereocenters. The van der Waals surface area contributed by atoms with E-state index in [4.69, 9.17) is 10.9 Å². The van der Waals surface area contributed by atoms with Crippen molar-refractivity contribution in [3.05, 3.63) is 0 Å². The summed E-state index contributed by atoms with van der Waals surface area (Å²) < 4.78 is 4.01. The highest BCUT2D eigenvalue weighted by Gasteiger charge is 1.89. The third-order valence-corrected chi connectivity index (χ3v) is 0.561. The monoisotopic (exact) mass is 150 g/mol. The summed E-state index contributed by atoms with van der Waals surface area (Å²) in [6, 6.07) is 0. The summed E-state index contributed by atoms with van der Waals surface area (Å²) >= 11 is 0. The van der Waals surface area contributed by atoms with E-state index in [1.54, 1.807) is 0 Å². The van der Waals surface area contributed by atoms with Crippen molar-refractivity contribution in [3.63, 3.8) is 0 Å². The second kappa shape index (κ2) is 11.2. The van der Waals surface area contributed by atoms with Crippen molar-refractivity contribution >= 4 is 5.97 Å². The molecule has 62 valence electrons. The van der Waals surface area contributed by atoms with Gasteiger partial charge in [-0.3, -0.25) is 11.3 Å². The van der Waals surface area contributed by atoms with Crippen LogP contribution in [-0.4, -0.2) is 31.3 Å². The number of hydrazine groups is 1. The first kappa shape index (κ1) is 12.1. The first-order valence-corrected chi connectivity index (χ1v) is 2.84. The summed E-state index contributed by atoms with van der Waals surface area (Å²) in [4.78, 5) is 9.71. The van der Waals surface area contributed by atoms with Gasteiger partial charge in [0.15, 0.2) is 0 Å². The number of rotatable bonds is 2. The lowest BCUT2D eigenvalue weighted by Gasteiger charge is -1.86. The summed E-state index contributed by atoms with van der Waals surface area (Å²) in [6.45, 7) is 2.26. The van der Waals surface area contributed by atoms with Crippen molar-refractivity contribution in [2.75, 3.05) is 20.3 Å². The van der Waals surface area contributed by atoms with E-state index >= 15 is 0 Å². The number of ether oxygens (including phenoxy) is 1. The number of aliphatic hydroxyl groups excluding tert-OH is 1. The van der Waals surface area contributed by atoms with Gasteiger partial charge >= 0.3 is 5.97 Å². The molecule has 10 heavy (non-hydrogen) atoms. The number of esters is 1. The van der Waals surface area contributed by atoms with Crippen LogP contribution >= 0.6 is 0 Å². The number of methoxy groups -OCH3 is 1. The Kier molecular flexibility index (Phi) is 13.5. The van der Waals surface area contributed by atoms with Gasteiger partial charge in [-0.25, -0.2) is 4.79 Å². The summed E-state index contributed by atoms with van der Waals surface area (Å²) in [5.74, 6) is 4.18. The summed E-state index contributed by atoms with van der Waals surface area (Å²) in [7, 11) is 1.22. The fourth-order valence-corrected chi connectivity index (χ4v) is 0.0645. The van der Waals surface area contributed by atoms with Crippen molar-refractivity contribution in [3.8, 4) is 0 Å². The number of carbonyl (C=O) groups is 1. The molecule has 5 nitrogen and oxygen atoms in total. The zero-order valence-corrected chi connectivity index (χ0v) is 6.26. The lowest BCUT2D eigenvalue weighted by atomic mass is 10.8. The third kappa shape index (κ3) is 15.7. The van der Waals surface area contributed by atoms with Gasteiger partial charge in [-0.15, -0.1) is 0 Å². The van der Waals surface area contributed by atoms with Gasteiger partial charge in [0, 0.05) is 6.54 Å². The van der Waals surface area contributed by atoms with Crippen molar-refractivity contribution in [2.45, 2.75) is 6.92 Å². The summed E-state index contributed by atoms with van der Waals surface area (Å²) in [5, 5.41) is 7.86. The van der Waals surface area contributed by atoms with Crippen molar-refractivity contribution in [1.29, 1.82) is 0 Å². The number of hydrogen-bond acceptors (Lipinski definition) is 5. The molecule has 0 amide bonds. The molecular weight excluding hydrogens is 136 g/mol. The van der Waals surface area contributed by atoms with Crippen molar-refractivity contribution < 1.29 is 14.6 Å². The van der Waals surface area contributed by atoms with Gasteiger partial charge in [0.1, 0.15) is 6.61 Å². The fraction of sp³-hybridized carbons (Fsp3) is 0.800. The normalized spacial score (nSPS) is 7.60. The van der Waals surface area contributed by atoms with Gasteiger partial charge in [-0.2, -0.15) is 0 Å². The standard InChI is InChI=1S/C3H6O3.C2H8N2/c1-6-3(5)2-4;1-2-4-3/h4H,2H2,1H3;4H,2-3H2,1H3. The van der Waals surface area contributed by atoms with Gasteiger partial charge < -0.3 is 9.84 Å². The number of carbonyl (C=O) groups excluding carboxylic acids is 1. The van der Waals surface area contributed by atoms with Gasteiger partial charge in [0.25, 0.3) is 0 Å². The van der Waals surface area contributed by atoms with Gasteiger partial charge in [0.05, 0.1) is 7.11 Å². The molecule has 0 aliphatic carbocycles. The van der Waals surface area contributed by atoms with Crippen LogP contribution in [0.25, 0.3) is 0 Å². The molecule has 0 aromatic heterocycles. The van der Waals surface area contributed by atoms with Crippen LogP contribution in [0.15, 0.2) is 0 Å². The first-order chi connectivity index (χ1) is 4.72. The van der Waals surface area contributed by atoms with Gasteiger partial charge in [0.2, 0.25) is 0 Å². The van der Waals surface area contributed by atoms with E-state index in [0.29, 0.717) is 0 Å². The topological polar surface area (TPSA) is 84.6 Å². The molecule has 0 rings (SSSR count). The highest BCUT2D eigenvalue weighted by molar-refractivity contribution is 5.70. The van der Waals surface area contributed by atoms with E-state index < -0.39 is 12.6 Å². The minimum atomic E-state index is -0.602. The highest BCUT2D eigenvalue weighted by atomic mass is 16.5. The van der Waals surface area contributed by atoms with Gasteiger partial charge in [-0.05, 0) is 0 Å². The molecular formula is C5H14N2O3. The molecule has 0 aliphatic heterocycles. The van der Waals surface area contributed by atoms with E-state index in [1.807, 2.05) is 6.92 Å². The second-order valence-corrected chi connectivity index (χ2v) is 1.29. The average molecular weight is 150 g/mol. The van der Waals surface area contributed by atoms with E-state index in [9.17, 15) is 4.79 Å². The largest absolute Gasteiger partial charge is 0.467 e. The van der Waals surface area contributed by atoms with Crippen LogP contribution in [0.5, 0.6) is 0 Å². The Bertz CT molecular complexity index is 69.3. The smallest absolute Gasteiger partial charge is 0.331 e. The second-order valence-electron chi connectivity index (χ2n) is 1.29. The molecule has 0 aromatic carbocycles. The first-order valence-electron chi connectivity index (χ1n) is 2.84.